The van der Waals surface area contributed by atoms with Crippen molar-refractivity contribution < 1.29 is 13.9 Å². The summed E-state index contributed by atoms with van der Waals surface area (Å²) in [6.07, 6.45) is 1.87. The van der Waals surface area contributed by atoms with Gasteiger partial charge in [0.2, 0.25) is 0 Å². The predicted octanol–water partition coefficient (Wildman–Crippen LogP) is 3.58. The Bertz CT molecular complexity index is 649. The molecule has 0 spiro atoms. The van der Waals surface area contributed by atoms with Crippen LogP contribution >= 0.6 is 0 Å². The van der Waals surface area contributed by atoms with Crippen LogP contribution in [0.3, 0.4) is 0 Å². The molecule has 1 heterocycles. The molecule has 102 valence electrons. The van der Waals surface area contributed by atoms with Crippen LogP contribution in [-0.2, 0) is 12.8 Å². The maximum atomic E-state index is 13.5. The molecule has 20 heavy (non-hydrogen) atoms. The van der Waals surface area contributed by atoms with Crippen molar-refractivity contribution in [3.63, 3.8) is 0 Å². The number of benzene rings is 2. The average Bonchev–Trinajstić information content (AvgIpc) is 2.92. The Morgan fingerprint density at radius 1 is 1.20 bits per heavy atom. The van der Waals surface area contributed by atoms with Crippen molar-refractivity contribution >= 4 is 5.78 Å². The molecule has 0 aliphatic carbocycles. The molecule has 0 atom stereocenters. The molecular weight excluding hydrogens is 255 g/mol. The number of hydrogen-bond acceptors (Lipinski definition) is 2. The van der Waals surface area contributed by atoms with Crippen molar-refractivity contribution in [2.45, 2.75) is 19.3 Å². The van der Waals surface area contributed by atoms with Gasteiger partial charge in [-0.05, 0) is 35.7 Å². The SMILES string of the molecule is O=C(CCc1ccc2c(c1)CCO2)c1ccccc1F. The van der Waals surface area contributed by atoms with Crippen molar-refractivity contribution in [2.75, 3.05) is 6.61 Å². The van der Waals surface area contributed by atoms with Crippen LogP contribution in [0.25, 0.3) is 0 Å². The second-order valence-corrected chi connectivity index (χ2v) is 4.94. The van der Waals surface area contributed by atoms with E-state index in [9.17, 15) is 9.18 Å². The normalized spacial score (nSPS) is 12.8. The van der Waals surface area contributed by atoms with E-state index < -0.39 is 5.82 Å². The highest BCUT2D eigenvalue weighted by Gasteiger charge is 2.14. The van der Waals surface area contributed by atoms with Gasteiger partial charge < -0.3 is 4.74 Å². The van der Waals surface area contributed by atoms with Gasteiger partial charge in [0.1, 0.15) is 11.6 Å². The van der Waals surface area contributed by atoms with E-state index in [1.54, 1.807) is 12.1 Å². The number of ether oxygens (including phenoxy) is 1. The average molecular weight is 270 g/mol. The molecule has 0 unspecified atom stereocenters. The lowest BCUT2D eigenvalue weighted by atomic mass is 10.0. The molecule has 1 aliphatic rings. The van der Waals surface area contributed by atoms with E-state index in [1.165, 1.54) is 17.7 Å². The summed E-state index contributed by atoms with van der Waals surface area (Å²) in [5.74, 6) is 0.342. The van der Waals surface area contributed by atoms with Gasteiger partial charge in [-0.1, -0.05) is 24.3 Å². The molecule has 2 nitrogen and oxygen atoms in total. The van der Waals surface area contributed by atoms with E-state index in [0.29, 0.717) is 12.8 Å². The van der Waals surface area contributed by atoms with Gasteiger partial charge in [0, 0.05) is 12.8 Å². The van der Waals surface area contributed by atoms with Crippen LogP contribution in [0.1, 0.15) is 27.9 Å². The summed E-state index contributed by atoms with van der Waals surface area (Å²) in [6.45, 7) is 0.729. The summed E-state index contributed by atoms with van der Waals surface area (Å²) in [4.78, 5) is 12.0. The molecular formula is C17H15FO2. The lowest BCUT2D eigenvalue weighted by molar-refractivity contribution is 0.0979. The lowest BCUT2D eigenvalue weighted by Gasteiger charge is -2.05. The third kappa shape index (κ3) is 2.57. The summed E-state index contributed by atoms with van der Waals surface area (Å²) in [5, 5.41) is 0. The number of halogens is 1. The van der Waals surface area contributed by atoms with Gasteiger partial charge in [0.15, 0.2) is 5.78 Å². The van der Waals surface area contributed by atoms with Gasteiger partial charge in [-0.3, -0.25) is 4.79 Å². The number of Topliss-reactive ketones (excluding diaryl/α,β-unsaturated/α-hetero) is 1. The fraction of sp³-hybridized carbons (Fsp3) is 0.235. The van der Waals surface area contributed by atoms with E-state index in [0.717, 1.165) is 24.3 Å². The summed E-state index contributed by atoms with van der Waals surface area (Å²) in [7, 11) is 0. The second-order valence-electron chi connectivity index (χ2n) is 4.94. The first-order chi connectivity index (χ1) is 9.74. The van der Waals surface area contributed by atoms with Crippen molar-refractivity contribution in [3.05, 3.63) is 65.0 Å². The van der Waals surface area contributed by atoms with Gasteiger partial charge in [-0.25, -0.2) is 4.39 Å². The Morgan fingerprint density at radius 3 is 2.90 bits per heavy atom. The van der Waals surface area contributed by atoms with Crippen LogP contribution in [0.2, 0.25) is 0 Å². The minimum absolute atomic E-state index is 0.153. The zero-order valence-electron chi connectivity index (χ0n) is 11.1. The molecule has 0 saturated heterocycles. The number of carbonyl (C=O) groups is 1. The smallest absolute Gasteiger partial charge is 0.166 e. The van der Waals surface area contributed by atoms with E-state index in [2.05, 4.69) is 6.07 Å². The molecule has 0 fully saturated rings. The Kier molecular flexibility index (Phi) is 3.50. The van der Waals surface area contributed by atoms with Crippen LogP contribution in [0.4, 0.5) is 4.39 Å². The highest BCUT2D eigenvalue weighted by Crippen LogP contribution is 2.26. The first-order valence-corrected chi connectivity index (χ1v) is 6.76. The van der Waals surface area contributed by atoms with Crippen LogP contribution in [0.5, 0.6) is 5.75 Å². The molecule has 0 saturated carbocycles. The Hall–Kier alpha value is -2.16. The minimum atomic E-state index is -0.445. The first kappa shape index (κ1) is 12.9. The molecule has 0 bridgehead atoms. The zero-order valence-corrected chi connectivity index (χ0v) is 11.1. The van der Waals surface area contributed by atoms with Crippen LogP contribution in [0.15, 0.2) is 42.5 Å². The summed E-state index contributed by atoms with van der Waals surface area (Å²) in [6, 6.07) is 12.1. The number of ketones is 1. The third-order valence-electron chi connectivity index (χ3n) is 3.57. The highest BCUT2D eigenvalue weighted by atomic mass is 19.1. The topological polar surface area (TPSA) is 26.3 Å². The summed E-state index contributed by atoms with van der Waals surface area (Å²) in [5.41, 5.74) is 2.47. The maximum Gasteiger partial charge on any atom is 0.166 e. The van der Waals surface area contributed by atoms with Crippen molar-refractivity contribution in [1.82, 2.24) is 0 Å². The summed E-state index contributed by atoms with van der Waals surface area (Å²) >= 11 is 0. The Morgan fingerprint density at radius 2 is 2.05 bits per heavy atom. The first-order valence-electron chi connectivity index (χ1n) is 6.76. The largest absolute Gasteiger partial charge is 0.493 e. The quantitative estimate of drug-likeness (QED) is 0.794. The fourth-order valence-electron chi connectivity index (χ4n) is 2.48. The van der Waals surface area contributed by atoms with Crippen LogP contribution in [0, 0.1) is 5.82 Å². The monoisotopic (exact) mass is 270 g/mol. The predicted molar refractivity (Wildman–Crippen MR) is 74.7 cm³/mol. The van der Waals surface area contributed by atoms with Crippen molar-refractivity contribution in [2.24, 2.45) is 0 Å². The molecule has 3 rings (SSSR count). The van der Waals surface area contributed by atoms with E-state index in [-0.39, 0.29) is 11.3 Å². The number of aryl methyl sites for hydroxylation is 1. The number of carbonyl (C=O) groups excluding carboxylic acids is 1. The second kappa shape index (κ2) is 5.45. The molecule has 0 aromatic heterocycles. The third-order valence-corrected chi connectivity index (χ3v) is 3.57. The van der Waals surface area contributed by atoms with Crippen LogP contribution in [-0.4, -0.2) is 12.4 Å². The van der Waals surface area contributed by atoms with Crippen LogP contribution < -0.4 is 4.74 Å². The van der Waals surface area contributed by atoms with Crippen molar-refractivity contribution in [1.29, 1.82) is 0 Å². The molecule has 2 aromatic carbocycles. The van der Waals surface area contributed by atoms with Gasteiger partial charge in [0.05, 0.1) is 12.2 Å². The maximum absolute atomic E-state index is 13.5. The molecule has 3 heteroatoms. The van der Waals surface area contributed by atoms with Gasteiger partial charge in [0.25, 0.3) is 0 Å². The Balaban J connectivity index is 1.68. The number of rotatable bonds is 4. The number of fused-ring (bicyclic) bond motifs is 1. The molecule has 2 aromatic rings. The molecule has 0 radical (unpaired) electrons. The van der Waals surface area contributed by atoms with Gasteiger partial charge in [-0.15, -0.1) is 0 Å². The van der Waals surface area contributed by atoms with Gasteiger partial charge >= 0.3 is 0 Å². The Labute approximate surface area is 117 Å². The number of hydrogen-bond donors (Lipinski definition) is 0. The lowest BCUT2D eigenvalue weighted by Crippen LogP contribution is -2.04. The van der Waals surface area contributed by atoms with Gasteiger partial charge in [-0.2, -0.15) is 0 Å². The zero-order chi connectivity index (χ0) is 13.9. The standard InChI is InChI=1S/C17H15FO2/c18-15-4-2-1-3-14(15)16(19)7-5-12-6-8-17-13(11-12)9-10-20-17/h1-4,6,8,11H,5,7,9-10H2. The highest BCUT2D eigenvalue weighted by molar-refractivity contribution is 5.96. The summed E-state index contributed by atoms with van der Waals surface area (Å²) < 4.78 is 19.0. The molecule has 1 aliphatic heterocycles. The molecule has 0 N–H and O–H groups in total. The minimum Gasteiger partial charge on any atom is -0.493 e. The molecule has 0 amide bonds. The fourth-order valence-corrected chi connectivity index (χ4v) is 2.48. The van der Waals surface area contributed by atoms with E-state index in [1.807, 2.05) is 12.1 Å². The van der Waals surface area contributed by atoms with E-state index in [4.69, 9.17) is 4.74 Å². The van der Waals surface area contributed by atoms with E-state index >= 15 is 0 Å². The van der Waals surface area contributed by atoms with Crippen molar-refractivity contribution in [3.8, 4) is 5.75 Å².